The van der Waals surface area contributed by atoms with Gasteiger partial charge >= 0.3 is 21.1 Å². The van der Waals surface area contributed by atoms with Crippen LogP contribution in [0.5, 0.6) is 11.5 Å². The van der Waals surface area contributed by atoms with Gasteiger partial charge in [-0.15, -0.1) is 35.7 Å². The molecule has 242 valence electrons. The number of ether oxygens (including phenoxy) is 1. The first-order valence-electron chi connectivity index (χ1n) is 16.0. The van der Waals surface area contributed by atoms with Gasteiger partial charge in [-0.25, -0.2) is 4.98 Å². The van der Waals surface area contributed by atoms with Crippen molar-refractivity contribution in [3.8, 4) is 45.4 Å². The van der Waals surface area contributed by atoms with E-state index in [4.69, 9.17) is 14.8 Å². The van der Waals surface area contributed by atoms with Crippen molar-refractivity contribution in [1.29, 1.82) is 0 Å². The van der Waals surface area contributed by atoms with Crippen molar-refractivity contribution < 1.29 is 25.8 Å². The fourth-order valence-electron chi connectivity index (χ4n) is 6.83. The molecule has 0 atom stereocenters. The van der Waals surface area contributed by atoms with Crippen molar-refractivity contribution in [2.45, 2.75) is 34.6 Å². The summed E-state index contributed by atoms with van der Waals surface area (Å²) in [4.78, 5) is 9.25. The third-order valence-electron chi connectivity index (χ3n) is 8.92. The summed E-state index contributed by atoms with van der Waals surface area (Å²) in [7, 11) is 0. The molecule has 0 fully saturated rings. The van der Waals surface area contributed by atoms with Crippen LogP contribution in [0.2, 0.25) is 0 Å². The molecule has 0 unspecified atom stereocenters. The van der Waals surface area contributed by atoms with Crippen LogP contribution < -0.4 is 4.74 Å². The van der Waals surface area contributed by atoms with Gasteiger partial charge in [0, 0.05) is 46.2 Å². The minimum Gasteiger partial charge on any atom is -0.509 e. The number of nitrogens with zero attached hydrogens (tertiary/aromatic N) is 5. The Morgan fingerprint density at radius 1 is 0.653 bits per heavy atom. The van der Waals surface area contributed by atoms with Gasteiger partial charge in [0.05, 0.1) is 11.4 Å². The van der Waals surface area contributed by atoms with Crippen LogP contribution in [-0.4, -0.2) is 24.3 Å². The molecule has 6 nitrogen and oxygen atoms in total. The number of benzene rings is 4. The Hall–Kier alpha value is -5.32. The van der Waals surface area contributed by atoms with Crippen molar-refractivity contribution in [2.24, 2.45) is 0 Å². The molecule has 0 saturated heterocycles. The average molecular weight is 819 g/mol. The zero-order valence-electron chi connectivity index (χ0n) is 27.9. The predicted molar refractivity (Wildman–Crippen MR) is 192 cm³/mol. The smallest absolute Gasteiger partial charge is 0.509 e. The van der Waals surface area contributed by atoms with E-state index in [1.165, 1.54) is 16.7 Å². The first-order valence-corrected chi connectivity index (χ1v) is 16.0. The van der Waals surface area contributed by atoms with Crippen molar-refractivity contribution in [3.63, 3.8) is 0 Å². The molecule has 4 aromatic heterocycles. The van der Waals surface area contributed by atoms with Crippen LogP contribution in [0, 0.1) is 46.8 Å². The summed E-state index contributed by atoms with van der Waals surface area (Å²) in [5.41, 5.74) is 12.7. The second kappa shape index (κ2) is 12.9. The molecule has 8 aromatic rings. The number of fused-ring (bicyclic) bond motifs is 3. The van der Waals surface area contributed by atoms with Gasteiger partial charge in [0.1, 0.15) is 5.82 Å². The molecule has 4 heterocycles. The number of aromatic nitrogens is 5. The van der Waals surface area contributed by atoms with E-state index in [1.54, 1.807) is 0 Å². The Kier molecular flexibility index (Phi) is 8.52. The van der Waals surface area contributed by atoms with Gasteiger partial charge in [0.25, 0.3) is 0 Å². The number of hydrogen-bond acceptors (Lipinski definition) is 4. The summed E-state index contributed by atoms with van der Waals surface area (Å²) in [6.45, 7) is 10.6. The first kappa shape index (κ1) is 32.2. The Labute approximate surface area is 300 Å². The van der Waals surface area contributed by atoms with Gasteiger partial charge in [-0.1, -0.05) is 29.8 Å². The second-order valence-corrected chi connectivity index (χ2v) is 12.3. The van der Waals surface area contributed by atoms with E-state index < -0.39 is 0 Å². The summed E-state index contributed by atoms with van der Waals surface area (Å²) < 4.78 is 10.5. The van der Waals surface area contributed by atoms with Gasteiger partial charge in [-0.2, -0.15) is 17.2 Å². The van der Waals surface area contributed by atoms with E-state index in [1.807, 2.05) is 65.6 Å². The second-order valence-electron chi connectivity index (χ2n) is 12.3. The van der Waals surface area contributed by atoms with Gasteiger partial charge in [0.2, 0.25) is 0 Å². The third kappa shape index (κ3) is 5.77. The number of pyridine rings is 2. The number of rotatable bonds is 6. The van der Waals surface area contributed by atoms with Crippen LogP contribution >= 0.6 is 0 Å². The SMILES string of the molecule is Cc1ccnc(-n2c3[c-]c(Oc4[c-]c(-n5nc(C)c(-c6c(C)cc(-c7ccccn7)cc6C)c5C)ccc4)ccc3c3ccccc32)c1.[Pt+2]. The fraction of sp³-hybridized carbons (Fsp3) is 0.119. The Morgan fingerprint density at radius 2 is 1.43 bits per heavy atom. The Bertz CT molecular complexity index is 2470. The zero-order chi connectivity index (χ0) is 32.9. The summed E-state index contributed by atoms with van der Waals surface area (Å²) in [6, 6.07) is 39.8. The normalized spacial score (nSPS) is 11.2. The van der Waals surface area contributed by atoms with E-state index >= 15 is 0 Å². The first-order chi connectivity index (χ1) is 23.4. The van der Waals surface area contributed by atoms with Crippen molar-refractivity contribution >= 4 is 21.8 Å². The predicted octanol–water partition coefficient (Wildman–Crippen LogP) is 10.0. The largest absolute Gasteiger partial charge is 2.00 e. The third-order valence-corrected chi connectivity index (χ3v) is 8.92. The minimum absolute atomic E-state index is 0. The standard InChI is InChI=1S/C42H33N5O.Pt/c1-26-18-20-44-40(21-26)46-38-15-7-6-13-35(38)36-17-16-34(25-39(36)46)48-33-12-10-11-32(24-33)47-30(5)42(29(4)45-47)41-27(2)22-31(23-28(41)3)37-14-8-9-19-43-37;/h6-23H,1-5H3;/q-2;+2. The summed E-state index contributed by atoms with van der Waals surface area (Å²) in [5, 5.41) is 7.22. The topological polar surface area (TPSA) is 57.8 Å². The van der Waals surface area contributed by atoms with E-state index in [0.29, 0.717) is 11.5 Å². The quantitative estimate of drug-likeness (QED) is 0.157. The summed E-state index contributed by atoms with van der Waals surface area (Å²) >= 11 is 0. The molecule has 0 radical (unpaired) electrons. The van der Waals surface area contributed by atoms with Crippen molar-refractivity contribution in [2.75, 3.05) is 0 Å². The summed E-state index contributed by atoms with van der Waals surface area (Å²) in [6.07, 6.45) is 3.68. The van der Waals surface area contributed by atoms with Gasteiger partial charge in [-0.05, 0) is 110 Å². The summed E-state index contributed by atoms with van der Waals surface area (Å²) in [5.74, 6) is 2.03. The molecule has 0 aliphatic rings. The maximum Gasteiger partial charge on any atom is 2.00 e. The Morgan fingerprint density at radius 3 is 2.20 bits per heavy atom. The molecule has 0 bridgehead atoms. The van der Waals surface area contributed by atoms with E-state index in [-0.39, 0.29) is 21.1 Å². The van der Waals surface area contributed by atoms with Crippen LogP contribution in [0.25, 0.3) is 55.7 Å². The maximum atomic E-state index is 6.42. The number of para-hydroxylation sites is 1. The van der Waals surface area contributed by atoms with Crippen LogP contribution in [0.15, 0.2) is 109 Å². The monoisotopic (exact) mass is 818 g/mol. The Balaban J connectivity index is 0.00000378. The maximum absolute atomic E-state index is 6.42. The van der Waals surface area contributed by atoms with E-state index in [0.717, 1.165) is 67.1 Å². The average Bonchev–Trinajstić information content (AvgIpc) is 3.57. The van der Waals surface area contributed by atoms with Crippen molar-refractivity contribution in [3.05, 3.63) is 150 Å². The molecule has 0 spiro atoms. The van der Waals surface area contributed by atoms with Gasteiger partial charge in [0.15, 0.2) is 0 Å². The molecular formula is C42H33N5OPt. The van der Waals surface area contributed by atoms with Crippen LogP contribution in [0.1, 0.15) is 28.1 Å². The molecule has 0 aliphatic heterocycles. The van der Waals surface area contributed by atoms with Crippen LogP contribution in [0.4, 0.5) is 0 Å². The van der Waals surface area contributed by atoms with E-state index in [2.05, 4.69) is 105 Å². The molecule has 0 amide bonds. The zero-order valence-corrected chi connectivity index (χ0v) is 30.1. The molecule has 0 aliphatic carbocycles. The molecule has 7 heteroatoms. The molecule has 0 saturated carbocycles. The van der Waals surface area contributed by atoms with Gasteiger partial charge < -0.3 is 9.30 Å². The molecule has 0 N–H and O–H groups in total. The molecule has 4 aromatic carbocycles. The number of aryl methyl sites for hydroxylation is 4. The molecule has 8 rings (SSSR count). The molecule has 49 heavy (non-hydrogen) atoms. The number of hydrogen-bond donors (Lipinski definition) is 0. The minimum atomic E-state index is 0. The van der Waals surface area contributed by atoms with Crippen LogP contribution in [0.3, 0.4) is 0 Å². The fourth-order valence-corrected chi connectivity index (χ4v) is 6.83. The van der Waals surface area contributed by atoms with E-state index in [9.17, 15) is 0 Å². The molecular weight excluding hydrogens is 786 g/mol. The van der Waals surface area contributed by atoms with Crippen molar-refractivity contribution in [1.82, 2.24) is 24.3 Å². The van der Waals surface area contributed by atoms with Crippen LogP contribution in [-0.2, 0) is 21.1 Å². The van der Waals surface area contributed by atoms with Gasteiger partial charge in [-0.3, -0.25) is 9.67 Å².